The minimum atomic E-state index is -0.0627. The molecule has 0 unspecified atom stereocenters. The van der Waals surface area contributed by atoms with Crippen LogP contribution in [0.25, 0.3) is 0 Å². The number of benzene rings is 2. The summed E-state index contributed by atoms with van der Waals surface area (Å²) in [6, 6.07) is 14.3. The van der Waals surface area contributed by atoms with Crippen molar-refractivity contribution in [3.8, 4) is 5.75 Å². The van der Waals surface area contributed by atoms with Gasteiger partial charge in [0.1, 0.15) is 5.75 Å². The van der Waals surface area contributed by atoms with Crippen molar-refractivity contribution in [2.75, 3.05) is 13.7 Å². The Bertz CT molecular complexity index is 723. The zero-order chi connectivity index (χ0) is 19.1. The quantitative estimate of drug-likeness (QED) is 0.774. The standard InChI is InChI=1S/C22H30N2O2/c1-6-24(16(2)3)15-18-9-11-20(12-10-18)22(25)23-14-19-8-7-17(4)21(13-19)26-5/h7-13,16H,6,14-15H2,1-5H3,(H,23,25). The summed E-state index contributed by atoms with van der Waals surface area (Å²) in [5.41, 5.74) is 4.01. The van der Waals surface area contributed by atoms with E-state index in [-0.39, 0.29) is 5.91 Å². The highest BCUT2D eigenvalue weighted by atomic mass is 16.5. The van der Waals surface area contributed by atoms with Crippen molar-refractivity contribution < 1.29 is 9.53 Å². The molecule has 1 amide bonds. The van der Waals surface area contributed by atoms with Gasteiger partial charge in [-0.3, -0.25) is 9.69 Å². The Morgan fingerprint density at radius 3 is 2.35 bits per heavy atom. The van der Waals surface area contributed by atoms with Gasteiger partial charge in [0.15, 0.2) is 0 Å². The molecule has 0 saturated carbocycles. The summed E-state index contributed by atoms with van der Waals surface area (Å²) >= 11 is 0. The molecule has 0 aliphatic rings. The Balaban J connectivity index is 1.95. The SMILES string of the molecule is CCN(Cc1ccc(C(=O)NCc2ccc(C)c(OC)c2)cc1)C(C)C. The van der Waals surface area contributed by atoms with E-state index in [1.807, 2.05) is 49.4 Å². The van der Waals surface area contributed by atoms with Crippen molar-refractivity contribution >= 4 is 5.91 Å². The van der Waals surface area contributed by atoms with Crippen LogP contribution in [0.4, 0.5) is 0 Å². The Kier molecular flexibility index (Phi) is 7.22. The normalized spacial score (nSPS) is 11.0. The molecular weight excluding hydrogens is 324 g/mol. The van der Waals surface area contributed by atoms with E-state index in [1.54, 1.807) is 7.11 Å². The average Bonchev–Trinajstić information content (AvgIpc) is 2.65. The fourth-order valence-electron chi connectivity index (χ4n) is 2.91. The van der Waals surface area contributed by atoms with Crippen LogP contribution in [0.2, 0.25) is 0 Å². The van der Waals surface area contributed by atoms with E-state index < -0.39 is 0 Å². The number of nitrogens with zero attached hydrogens (tertiary/aromatic N) is 1. The molecule has 0 radical (unpaired) electrons. The fourth-order valence-corrected chi connectivity index (χ4v) is 2.91. The zero-order valence-electron chi connectivity index (χ0n) is 16.5. The van der Waals surface area contributed by atoms with Gasteiger partial charge in [-0.2, -0.15) is 0 Å². The predicted molar refractivity (Wildman–Crippen MR) is 107 cm³/mol. The lowest BCUT2D eigenvalue weighted by atomic mass is 10.1. The first kappa shape index (κ1) is 20.0. The van der Waals surface area contributed by atoms with Crippen LogP contribution in [0.1, 0.15) is 47.8 Å². The molecule has 4 heteroatoms. The summed E-state index contributed by atoms with van der Waals surface area (Å²) in [5, 5.41) is 2.97. The van der Waals surface area contributed by atoms with Crippen LogP contribution < -0.4 is 10.1 Å². The van der Waals surface area contributed by atoms with Gasteiger partial charge in [-0.15, -0.1) is 0 Å². The Morgan fingerprint density at radius 2 is 1.77 bits per heavy atom. The predicted octanol–water partition coefficient (Wildman–Crippen LogP) is 4.16. The molecule has 0 spiro atoms. The molecule has 0 aliphatic heterocycles. The van der Waals surface area contributed by atoms with Crippen LogP contribution in [0.15, 0.2) is 42.5 Å². The number of carbonyl (C=O) groups is 1. The van der Waals surface area contributed by atoms with Gasteiger partial charge in [-0.1, -0.05) is 31.2 Å². The van der Waals surface area contributed by atoms with E-state index in [1.165, 1.54) is 5.56 Å². The maximum Gasteiger partial charge on any atom is 0.251 e. The van der Waals surface area contributed by atoms with Gasteiger partial charge in [0.2, 0.25) is 0 Å². The summed E-state index contributed by atoms with van der Waals surface area (Å²) in [7, 11) is 1.66. The first-order valence-corrected chi connectivity index (χ1v) is 9.19. The van der Waals surface area contributed by atoms with Crippen molar-refractivity contribution in [1.29, 1.82) is 0 Å². The molecule has 26 heavy (non-hydrogen) atoms. The summed E-state index contributed by atoms with van der Waals surface area (Å²) in [6.45, 7) is 11.0. The van der Waals surface area contributed by atoms with E-state index in [9.17, 15) is 4.79 Å². The molecule has 2 aromatic carbocycles. The molecular formula is C22H30N2O2. The lowest BCUT2D eigenvalue weighted by molar-refractivity contribution is 0.0951. The van der Waals surface area contributed by atoms with Crippen LogP contribution in [-0.4, -0.2) is 30.5 Å². The Labute approximate surface area is 157 Å². The molecule has 0 bridgehead atoms. The van der Waals surface area contributed by atoms with E-state index in [0.29, 0.717) is 18.2 Å². The van der Waals surface area contributed by atoms with Crippen molar-refractivity contribution in [2.45, 2.75) is 46.8 Å². The number of carbonyl (C=O) groups excluding carboxylic acids is 1. The molecule has 140 valence electrons. The molecule has 2 aromatic rings. The van der Waals surface area contributed by atoms with E-state index in [0.717, 1.165) is 30.0 Å². The van der Waals surface area contributed by atoms with Crippen LogP contribution >= 0.6 is 0 Å². The number of aryl methyl sites for hydroxylation is 1. The summed E-state index contributed by atoms with van der Waals surface area (Å²) in [5.74, 6) is 0.777. The van der Waals surface area contributed by atoms with Crippen molar-refractivity contribution in [1.82, 2.24) is 10.2 Å². The van der Waals surface area contributed by atoms with Gasteiger partial charge >= 0.3 is 0 Å². The van der Waals surface area contributed by atoms with Gasteiger partial charge in [0.05, 0.1) is 7.11 Å². The topological polar surface area (TPSA) is 41.6 Å². The second-order valence-electron chi connectivity index (χ2n) is 6.84. The van der Waals surface area contributed by atoms with E-state index in [2.05, 4.69) is 31.0 Å². The minimum absolute atomic E-state index is 0.0627. The number of rotatable bonds is 8. The number of hydrogen-bond donors (Lipinski definition) is 1. The highest BCUT2D eigenvalue weighted by Gasteiger charge is 2.10. The number of methoxy groups -OCH3 is 1. The second kappa shape index (κ2) is 9.39. The lowest BCUT2D eigenvalue weighted by Crippen LogP contribution is -2.30. The van der Waals surface area contributed by atoms with Crippen LogP contribution in [0.3, 0.4) is 0 Å². The second-order valence-corrected chi connectivity index (χ2v) is 6.84. The molecule has 4 nitrogen and oxygen atoms in total. The number of amides is 1. The molecule has 0 saturated heterocycles. The monoisotopic (exact) mass is 354 g/mol. The first-order valence-electron chi connectivity index (χ1n) is 9.19. The van der Waals surface area contributed by atoms with Gasteiger partial charge in [-0.05, 0) is 62.2 Å². The highest BCUT2D eigenvalue weighted by Crippen LogP contribution is 2.19. The maximum absolute atomic E-state index is 12.4. The van der Waals surface area contributed by atoms with Crippen LogP contribution in [-0.2, 0) is 13.1 Å². The lowest BCUT2D eigenvalue weighted by Gasteiger charge is -2.24. The number of nitrogens with one attached hydrogen (secondary N) is 1. The molecule has 0 atom stereocenters. The van der Waals surface area contributed by atoms with Crippen molar-refractivity contribution in [3.63, 3.8) is 0 Å². The first-order chi connectivity index (χ1) is 12.4. The Hall–Kier alpha value is -2.33. The van der Waals surface area contributed by atoms with E-state index in [4.69, 9.17) is 4.74 Å². The third-order valence-electron chi connectivity index (χ3n) is 4.66. The molecule has 0 aromatic heterocycles. The van der Waals surface area contributed by atoms with Crippen molar-refractivity contribution in [2.24, 2.45) is 0 Å². The smallest absolute Gasteiger partial charge is 0.251 e. The van der Waals surface area contributed by atoms with Gasteiger partial charge in [-0.25, -0.2) is 0 Å². The maximum atomic E-state index is 12.4. The fraction of sp³-hybridized carbons (Fsp3) is 0.409. The molecule has 2 rings (SSSR count). The van der Waals surface area contributed by atoms with Crippen LogP contribution in [0.5, 0.6) is 5.75 Å². The summed E-state index contributed by atoms with van der Waals surface area (Å²) < 4.78 is 5.33. The largest absolute Gasteiger partial charge is 0.496 e. The molecule has 0 aliphatic carbocycles. The van der Waals surface area contributed by atoms with Gasteiger partial charge < -0.3 is 10.1 Å². The Morgan fingerprint density at radius 1 is 1.12 bits per heavy atom. The minimum Gasteiger partial charge on any atom is -0.496 e. The number of hydrogen-bond acceptors (Lipinski definition) is 3. The van der Waals surface area contributed by atoms with E-state index >= 15 is 0 Å². The van der Waals surface area contributed by atoms with Crippen LogP contribution in [0, 0.1) is 6.92 Å². The third kappa shape index (κ3) is 5.33. The van der Waals surface area contributed by atoms with Crippen molar-refractivity contribution in [3.05, 3.63) is 64.7 Å². The third-order valence-corrected chi connectivity index (χ3v) is 4.66. The summed E-state index contributed by atoms with van der Waals surface area (Å²) in [4.78, 5) is 14.8. The highest BCUT2D eigenvalue weighted by molar-refractivity contribution is 5.94. The van der Waals surface area contributed by atoms with Gasteiger partial charge in [0.25, 0.3) is 5.91 Å². The molecule has 1 N–H and O–H groups in total. The zero-order valence-corrected chi connectivity index (χ0v) is 16.5. The number of ether oxygens (including phenoxy) is 1. The average molecular weight is 354 g/mol. The summed E-state index contributed by atoms with van der Waals surface area (Å²) in [6.07, 6.45) is 0. The molecule has 0 fully saturated rings. The van der Waals surface area contributed by atoms with Gasteiger partial charge in [0, 0.05) is 24.7 Å². The molecule has 0 heterocycles.